The average molecular weight is 471 g/mol. The van der Waals surface area contributed by atoms with Crippen LogP contribution in [0.2, 0.25) is 10.0 Å². The Labute approximate surface area is 183 Å². The Balaban J connectivity index is 1.74. The molecule has 2 aromatic carbocycles. The lowest BCUT2D eigenvalue weighted by Crippen LogP contribution is -2.23. The molecule has 1 heterocycles. The molecule has 0 spiro atoms. The number of carbonyl (C=O) groups excluding carboxylic acids is 1. The minimum atomic E-state index is -0.995. The van der Waals surface area contributed by atoms with Crippen molar-refractivity contribution in [2.24, 2.45) is 0 Å². The van der Waals surface area contributed by atoms with E-state index in [2.05, 4.69) is 15.5 Å². The molecule has 0 fully saturated rings. The predicted octanol–water partition coefficient (Wildman–Crippen LogP) is 4.13. The van der Waals surface area contributed by atoms with Crippen LogP contribution in [-0.4, -0.2) is 31.0 Å². The second kappa shape index (κ2) is 8.86. The van der Waals surface area contributed by atoms with Gasteiger partial charge in [-0.3, -0.25) is 14.9 Å². The number of nitrogens with one attached hydrogen (secondary N) is 1. The standard InChI is InChI=1S/C17H13Cl2FN6O3S/c1-8(16(27)22-10-3-5-13(20)14(7-10)26(28)29)30-17-24-23-15(25(17)21)11-4-2-9(18)6-12(11)19/h2-8H,21H2,1H3,(H,22,27). The predicted molar refractivity (Wildman–Crippen MR) is 113 cm³/mol. The fourth-order valence-corrected chi connectivity index (χ4v) is 3.66. The van der Waals surface area contributed by atoms with E-state index in [4.69, 9.17) is 29.0 Å². The molecule has 3 N–H and O–H groups in total. The van der Waals surface area contributed by atoms with Gasteiger partial charge in [0.2, 0.25) is 16.9 Å². The molecule has 0 aliphatic rings. The Morgan fingerprint density at radius 3 is 2.70 bits per heavy atom. The molecular weight excluding hydrogens is 458 g/mol. The lowest BCUT2D eigenvalue weighted by molar-refractivity contribution is -0.387. The molecule has 1 unspecified atom stereocenters. The van der Waals surface area contributed by atoms with Crippen molar-refractivity contribution < 1.29 is 14.1 Å². The lowest BCUT2D eigenvalue weighted by Gasteiger charge is -2.12. The molecule has 1 amide bonds. The molecular formula is C17H13Cl2FN6O3S. The number of anilines is 1. The van der Waals surface area contributed by atoms with Crippen molar-refractivity contribution in [1.82, 2.24) is 14.9 Å². The van der Waals surface area contributed by atoms with Gasteiger partial charge in [-0.15, -0.1) is 10.2 Å². The monoisotopic (exact) mass is 470 g/mol. The summed E-state index contributed by atoms with van der Waals surface area (Å²) in [5.41, 5.74) is -0.138. The Bertz CT molecular complexity index is 1140. The number of carbonyl (C=O) groups is 1. The van der Waals surface area contributed by atoms with Crippen molar-refractivity contribution in [3.8, 4) is 11.4 Å². The third-order valence-corrected chi connectivity index (χ3v) is 5.50. The maximum absolute atomic E-state index is 13.4. The Morgan fingerprint density at radius 1 is 1.30 bits per heavy atom. The molecule has 0 aliphatic heterocycles. The summed E-state index contributed by atoms with van der Waals surface area (Å²) >= 11 is 13.1. The Morgan fingerprint density at radius 2 is 2.03 bits per heavy atom. The number of aromatic nitrogens is 3. The van der Waals surface area contributed by atoms with Crippen molar-refractivity contribution in [2.45, 2.75) is 17.3 Å². The molecule has 0 aliphatic carbocycles. The lowest BCUT2D eigenvalue weighted by atomic mass is 10.2. The van der Waals surface area contributed by atoms with Gasteiger partial charge in [-0.05, 0) is 37.3 Å². The summed E-state index contributed by atoms with van der Waals surface area (Å²) in [7, 11) is 0. The summed E-state index contributed by atoms with van der Waals surface area (Å²) in [6.07, 6.45) is 0. The van der Waals surface area contributed by atoms with E-state index in [1.165, 1.54) is 16.8 Å². The number of nitrogen functional groups attached to an aromatic ring is 1. The first-order valence-corrected chi connectivity index (χ1v) is 9.88. The van der Waals surface area contributed by atoms with Gasteiger partial charge in [-0.25, -0.2) is 4.68 Å². The first kappa shape index (κ1) is 21.8. The first-order chi connectivity index (χ1) is 14.2. The number of hydrogen-bond donors (Lipinski definition) is 2. The normalized spacial score (nSPS) is 11.9. The van der Waals surface area contributed by atoms with Crippen LogP contribution >= 0.6 is 35.0 Å². The number of amides is 1. The number of nitro benzene ring substituents is 1. The molecule has 13 heteroatoms. The van der Waals surface area contributed by atoms with Gasteiger partial charge in [0.25, 0.3) is 0 Å². The molecule has 30 heavy (non-hydrogen) atoms. The maximum atomic E-state index is 13.4. The highest BCUT2D eigenvalue weighted by Gasteiger charge is 2.22. The van der Waals surface area contributed by atoms with E-state index < -0.39 is 27.6 Å². The Hall–Kier alpha value is -2.89. The van der Waals surface area contributed by atoms with Crippen LogP contribution in [0.1, 0.15) is 6.92 Å². The smallest absolute Gasteiger partial charge is 0.306 e. The topological polar surface area (TPSA) is 129 Å². The van der Waals surface area contributed by atoms with E-state index in [0.717, 1.165) is 23.9 Å². The van der Waals surface area contributed by atoms with Crippen LogP contribution in [0.25, 0.3) is 11.4 Å². The number of rotatable bonds is 6. The molecule has 9 nitrogen and oxygen atoms in total. The molecule has 0 saturated heterocycles. The Kier molecular flexibility index (Phi) is 6.44. The minimum absolute atomic E-state index is 0.0865. The molecule has 1 aromatic heterocycles. The quantitative estimate of drug-likeness (QED) is 0.239. The second-order valence-corrected chi connectivity index (χ2v) is 8.12. The van der Waals surface area contributed by atoms with Crippen LogP contribution in [-0.2, 0) is 4.79 Å². The molecule has 3 rings (SSSR count). The third-order valence-electron chi connectivity index (χ3n) is 3.90. The van der Waals surface area contributed by atoms with Gasteiger partial charge in [-0.2, -0.15) is 4.39 Å². The first-order valence-electron chi connectivity index (χ1n) is 8.24. The van der Waals surface area contributed by atoms with E-state index in [1.54, 1.807) is 19.1 Å². The van der Waals surface area contributed by atoms with E-state index in [1.807, 2.05) is 0 Å². The summed E-state index contributed by atoms with van der Waals surface area (Å²) < 4.78 is 14.6. The molecule has 0 bridgehead atoms. The van der Waals surface area contributed by atoms with Crippen molar-refractivity contribution in [1.29, 1.82) is 0 Å². The molecule has 3 aromatic rings. The minimum Gasteiger partial charge on any atom is -0.335 e. The van der Waals surface area contributed by atoms with Gasteiger partial charge >= 0.3 is 5.69 Å². The van der Waals surface area contributed by atoms with Crippen LogP contribution < -0.4 is 11.2 Å². The van der Waals surface area contributed by atoms with Gasteiger partial charge in [-0.1, -0.05) is 35.0 Å². The summed E-state index contributed by atoms with van der Waals surface area (Å²) in [4.78, 5) is 22.4. The van der Waals surface area contributed by atoms with Crippen LogP contribution in [0.4, 0.5) is 15.8 Å². The number of nitro groups is 1. The van der Waals surface area contributed by atoms with Gasteiger partial charge in [0.15, 0.2) is 5.82 Å². The SMILES string of the molecule is CC(Sc1nnc(-c2ccc(Cl)cc2Cl)n1N)C(=O)Nc1ccc(F)c([N+](=O)[O-])c1. The van der Waals surface area contributed by atoms with Crippen molar-refractivity contribution in [3.05, 3.63) is 62.4 Å². The number of thioether (sulfide) groups is 1. The van der Waals surface area contributed by atoms with Crippen molar-refractivity contribution in [2.75, 3.05) is 11.2 Å². The number of nitrogens with two attached hydrogens (primary N) is 1. The van der Waals surface area contributed by atoms with E-state index >= 15 is 0 Å². The van der Waals surface area contributed by atoms with E-state index in [-0.39, 0.29) is 16.7 Å². The van der Waals surface area contributed by atoms with Crippen LogP contribution in [0, 0.1) is 15.9 Å². The highest BCUT2D eigenvalue weighted by Crippen LogP contribution is 2.31. The van der Waals surface area contributed by atoms with Gasteiger partial charge < -0.3 is 11.2 Å². The van der Waals surface area contributed by atoms with Gasteiger partial charge in [0, 0.05) is 22.3 Å². The van der Waals surface area contributed by atoms with Crippen molar-refractivity contribution in [3.63, 3.8) is 0 Å². The van der Waals surface area contributed by atoms with Crippen LogP contribution in [0.15, 0.2) is 41.6 Å². The van der Waals surface area contributed by atoms with Crippen LogP contribution in [0.5, 0.6) is 0 Å². The summed E-state index contributed by atoms with van der Waals surface area (Å²) in [6, 6.07) is 7.88. The molecule has 0 radical (unpaired) electrons. The highest BCUT2D eigenvalue weighted by molar-refractivity contribution is 8.00. The van der Waals surface area contributed by atoms with Crippen molar-refractivity contribution >= 4 is 52.2 Å². The molecule has 1 atom stereocenters. The summed E-state index contributed by atoms with van der Waals surface area (Å²) in [6.45, 7) is 1.58. The zero-order valence-electron chi connectivity index (χ0n) is 15.2. The van der Waals surface area contributed by atoms with Gasteiger partial charge in [0.1, 0.15) is 0 Å². The van der Waals surface area contributed by atoms with E-state index in [9.17, 15) is 19.3 Å². The number of benzene rings is 2. The molecule has 0 saturated carbocycles. The maximum Gasteiger partial charge on any atom is 0.306 e. The third kappa shape index (κ3) is 4.64. The fraction of sp³-hybridized carbons (Fsp3) is 0.118. The fourth-order valence-electron chi connectivity index (χ4n) is 2.40. The number of halogens is 3. The largest absolute Gasteiger partial charge is 0.335 e. The highest BCUT2D eigenvalue weighted by atomic mass is 35.5. The van der Waals surface area contributed by atoms with Crippen LogP contribution in [0.3, 0.4) is 0 Å². The number of nitrogens with zero attached hydrogens (tertiary/aromatic N) is 4. The van der Waals surface area contributed by atoms with Gasteiger partial charge in [0.05, 0.1) is 15.2 Å². The summed E-state index contributed by atoms with van der Waals surface area (Å²) in [5.74, 6) is 4.84. The number of hydrogen-bond acceptors (Lipinski definition) is 7. The second-order valence-electron chi connectivity index (χ2n) is 5.97. The zero-order chi connectivity index (χ0) is 22.0. The zero-order valence-corrected chi connectivity index (χ0v) is 17.5. The molecule has 156 valence electrons. The summed E-state index contributed by atoms with van der Waals surface area (Å²) in [5, 5.41) is 21.6. The average Bonchev–Trinajstić information content (AvgIpc) is 3.03. The van der Waals surface area contributed by atoms with E-state index in [0.29, 0.717) is 15.6 Å².